The lowest BCUT2D eigenvalue weighted by molar-refractivity contribution is -0.117. The average Bonchev–Trinajstić information content (AvgIpc) is 2.98. The van der Waals surface area contributed by atoms with Crippen molar-refractivity contribution in [2.24, 2.45) is 0 Å². The molecular formula is C16H14FN5O. The number of nitrogens with one attached hydrogen (secondary N) is 1. The fraction of sp³-hybridized carbons (Fsp3) is 0.125. The smallest absolute Gasteiger partial charge is 0.248 e. The third kappa shape index (κ3) is 3.57. The molecule has 0 saturated carbocycles. The zero-order valence-electron chi connectivity index (χ0n) is 12.4. The number of carbonyl (C=O) groups excluding carboxylic acids is 1. The Labute approximate surface area is 132 Å². The number of aryl methyl sites for hydroxylation is 1. The summed E-state index contributed by atoms with van der Waals surface area (Å²) in [5.41, 5.74) is 2.07. The van der Waals surface area contributed by atoms with Gasteiger partial charge in [-0.1, -0.05) is 42.0 Å². The maximum atomic E-state index is 13.5. The maximum absolute atomic E-state index is 13.5. The summed E-state index contributed by atoms with van der Waals surface area (Å²) in [5.74, 6) is -0.487. The second kappa shape index (κ2) is 6.35. The molecule has 0 bridgehead atoms. The zero-order chi connectivity index (χ0) is 16.2. The van der Waals surface area contributed by atoms with Gasteiger partial charge in [0.25, 0.3) is 0 Å². The van der Waals surface area contributed by atoms with E-state index in [1.165, 1.54) is 16.9 Å². The van der Waals surface area contributed by atoms with Gasteiger partial charge in [-0.25, -0.2) is 4.39 Å². The molecule has 0 unspecified atom stereocenters. The second-order valence-electron chi connectivity index (χ2n) is 5.04. The number of para-hydroxylation sites is 1. The van der Waals surface area contributed by atoms with Crippen molar-refractivity contribution in [1.82, 2.24) is 20.2 Å². The first kappa shape index (κ1) is 14.8. The van der Waals surface area contributed by atoms with Gasteiger partial charge in [-0.05, 0) is 24.3 Å². The molecule has 0 fully saturated rings. The van der Waals surface area contributed by atoms with Crippen LogP contribution in [0.1, 0.15) is 5.56 Å². The molecule has 0 aliphatic carbocycles. The standard InChI is InChI=1S/C16H14FN5O/c1-11-6-8-12(9-7-11)16-19-21-22(20-16)10-15(23)18-14-5-3-2-4-13(14)17/h2-9H,10H2,1H3,(H,18,23). The third-order valence-corrected chi connectivity index (χ3v) is 3.20. The molecule has 0 saturated heterocycles. The van der Waals surface area contributed by atoms with Crippen LogP contribution in [0.15, 0.2) is 48.5 Å². The van der Waals surface area contributed by atoms with E-state index in [0.29, 0.717) is 5.82 Å². The molecule has 3 aromatic rings. The Morgan fingerprint density at radius 2 is 1.91 bits per heavy atom. The molecule has 0 spiro atoms. The summed E-state index contributed by atoms with van der Waals surface area (Å²) >= 11 is 0. The fourth-order valence-electron chi connectivity index (χ4n) is 2.01. The van der Waals surface area contributed by atoms with Crippen LogP contribution in [0, 0.1) is 12.7 Å². The van der Waals surface area contributed by atoms with Crippen molar-refractivity contribution >= 4 is 11.6 Å². The number of nitrogens with zero attached hydrogens (tertiary/aromatic N) is 4. The highest BCUT2D eigenvalue weighted by molar-refractivity contribution is 5.90. The van der Waals surface area contributed by atoms with Crippen LogP contribution in [0.4, 0.5) is 10.1 Å². The number of hydrogen-bond acceptors (Lipinski definition) is 4. The van der Waals surface area contributed by atoms with E-state index in [2.05, 4.69) is 20.7 Å². The van der Waals surface area contributed by atoms with Crippen LogP contribution in [0.25, 0.3) is 11.4 Å². The van der Waals surface area contributed by atoms with Gasteiger partial charge >= 0.3 is 0 Å². The van der Waals surface area contributed by atoms with E-state index in [0.717, 1.165) is 11.1 Å². The zero-order valence-corrected chi connectivity index (χ0v) is 12.4. The summed E-state index contributed by atoms with van der Waals surface area (Å²) in [6.07, 6.45) is 0. The summed E-state index contributed by atoms with van der Waals surface area (Å²) in [4.78, 5) is 13.1. The van der Waals surface area contributed by atoms with Crippen molar-refractivity contribution in [3.8, 4) is 11.4 Å². The highest BCUT2D eigenvalue weighted by Gasteiger charge is 2.11. The quantitative estimate of drug-likeness (QED) is 0.803. The van der Waals surface area contributed by atoms with Crippen LogP contribution < -0.4 is 5.32 Å². The second-order valence-corrected chi connectivity index (χ2v) is 5.04. The summed E-state index contributed by atoms with van der Waals surface area (Å²) in [7, 11) is 0. The van der Waals surface area contributed by atoms with Crippen LogP contribution in [-0.4, -0.2) is 26.1 Å². The highest BCUT2D eigenvalue weighted by Crippen LogP contribution is 2.14. The lowest BCUT2D eigenvalue weighted by Gasteiger charge is -2.04. The van der Waals surface area contributed by atoms with Gasteiger partial charge in [-0.3, -0.25) is 4.79 Å². The SMILES string of the molecule is Cc1ccc(-c2nnn(CC(=O)Nc3ccccc3F)n2)cc1. The molecule has 0 aliphatic rings. The monoisotopic (exact) mass is 311 g/mol. The van der Waals surface area contributed by atoms with Gasteiger partial charge in [0.15, 0.2) is 0 Å². The van der Waals surface area contributed by atoms with E-state index < -0.39 is 11.7 Å². The van der Waals surface area contributed by atoms with Crippen molar-refractivity contribution in [3.05, 3.63) is 59.9 Å². The number of anilines is 1. The van der Waals surface area contributed by atoms with Gasteiger partial charge in [0.2, 0.25) is 11.7 Å². The summed E-state index contributed by atoms with van der Waals surface area (Å²) in [6, 6.07) is 13.6. The minimum Gasteiger partial charge on any atom is -0.322 e. The molecule has 0 radical (unpaired) electrons. The summed E-state index contributed by atoms with van der Waals surface area (Å²) < 4.78 is 13.5. The average molecular weight is 311 g/mol. The molecule has 3 rings (SSSR count). The normalized spacial score (nSPS) is 10.5. The largest absolute Gasteiger partial charge is 0.322 e. The van der Waals surface area contributed by atoms with E-state index in [1.807, 2.05) is 31.2 Å². The number of hydrogen-bond donors (Lipinski definition) is 1. The molecular weight excluding hydrogens is 297 g/mol. The van der Waals surface area contributed by atoms with Crippen LogP contribution in [-0.2, 0) is 11.3 Å². The van der Waals surface area contributed by atoms with Crippen LogP contribution in [0.2, 0.25) is 0 Å². The summed E-state index contributed by atoms with van der Waals surface area (Å²) in [5, 5.41) is 14.4. The molecule has 6 nitrogen and oxygen atoms in total. The molecule has 116 valence electrons. The Morgan fingerprint density at radius 1 is 1.17 bits per heavy atom. The van der Waals surface area contributed by atoms with Crippen LogP contribution >= 0.6 is 0 Å². The van der Waals surface area contributed by atoms with Crippen molar-refractivity contribution in [2.45, 2.75) is 13.5 Å². The summed E-state index contributed by atoms with van der Waals surface area (Å²) in [6.45, 7) is 1.84. The number of halogens is 1. The Hall–Kier alpha value is -3.09. The van der Waals surface area contributed by atoms with Gasteiger partial charge in [0.05, 0.1) is 5.69 Å². The lowest BCUT2D eigenvalue weighted by atomic mass is 10.1. The van der Waals surface area contributed by atoms with Crippen molar-refractivity contribution < 1.29 is 9.18 Å². The molecule has 23 heavy (non-hydrogen) atoms. The first-order valence-corrected chi connectivity index (χ1v) is 7.01. The number of amides is 1. The van der Waals surface area contributed by atoms with Crippen molar-refractivity contribution in [3.63, 3.8) is 0 Å². The Kier molecular flexibility index (Phi) is 4.09. The van der Waals surface area contributed by atoms with E-state index >= 15 is 0 Å². The molecule has 1 heterocycles. The highest BCUT2D eigenvalue weighted by atomic mass is 19.1. The molecule has 1 aromatic heterocycles. The number of rotatable bonds is 4. The van der Waals surface area contributed by atoms with Crippen LogP contribution in [0.3, 0.4) is 0 Å². The Bertz CT molecular complexity index is 828. The predicted octanol–water partition coefficient (Wildman–Crippen LogP) is 2.43. The van der Waals surface area contributed by atoms with Gasteiger partial charge in [0.1, 0.15) is 12.4 Å². The van der Waals surface area contributed by atoms with Gasteiger partial charge in [-0.15, -0.1) is 10.2 Å². The number of aromatic nitrogens is 4. The molecule has 1 N–H and O–H groups in total. The lowest BCUT2D eigenvalue weighted by Crippen LogP contribution is -2.21. The van der Waals surface area contributed by atoms with Crippen molar-refractivity contribution in [1.29, 1.82) is 0 Å². The Morgan fingerprint density at radius 3 is 2.65 bits per heavy atom. The van der Waals surface area contributed by atoms with Gasteiger partial charge < -0.3 is 5.32 Å². The van der Waals surface area contributed by atoms with E-state index in [1.54, 1.807) is 12.1 Å². The van der Waals surface area contributed by atoms with E-state index in [9.17, 15) is 9.18 Å². The first-order chi connectivity index (χ1) is 11.1. The maximum Gasteiger partial charge on any atom is 0.248 e. The molecule has 0 aliphatic heterocycles. The Balaban J connectivity index is 1.68. The topological polar surface area (TPSA) is 72.7 Å². The van der Waals surface area contributed by atoms with E-state index in [4.69, 9.17) is 0 Å². The minimum absolute atomic E-state index is 0.122. The van der Waals surface area contributed by atoms with Crippen molar-refractivity contribution in [2.75, 3.05) is 5.32 Å². The van der Waals surface area contributed by atoms with Crippen LogP contribution in [0.5, 0.6) is 0 Å². The number of tetrazole rings is 1. The number of carbonyl (C=O) groups is 1. The minimum atomic E-state index is -0.493. The molecule has 1 amide bonds. The first-order valence-electron chi connectivity index (χ1n) is 7.01. The van der Waals surface area contributed by atoms with E-state index in [-0.39, 0.29) is 12.2 Å². The fourth-order valence-corrected chi connectivity index (χ4v) is 2.01. The molecule has 0 atom stereocenters. The van der Waals surface area contributed by atoms with Gasteiger partial charge in [0, 0.05) is 5.56 Å². The molecule has 2 aromatic carbocycles. The predicted molar refractivity (Wildman–Crippen MR) is 83.0 cm³/mol. The molecule has 7 heteroatoms. The third-order valence-electron chi connectivity index (χ3n) is 3.20. The number of benzene rings is 2. The van der Waals surface area contributed by atoms with Gasteiger partial charge in [-0.2, -0.15) is 4.80 Å².